The van der Waals surface area contributed by atoms with Gasteiger partial charge in [0.2, 0.25) is 0 Å². The zero-order chi connectivity index (χ0) is 17.4. The Labute approximate surface area is 144 Å². The van der Waals surface area contributed by atoms with Crippen molar-refractivity contribution in [2.24, 2.45) is 0 Å². The van der Waals surface area contributed by atoms with Gasteiger partial charge in [0.1, 0.15) is 13.2 Å². The van der Waals surface area contributed by atoms with Gasteiger partial charge in [0, 0.05) is 0 Å². The van der Waals surface area contributed by atoms with Crippen LogP contribution in [0.4, 0.5) is 0 Å². The second-order valence-electron chi connectivity index (χ2n) is 5.83. The highest BCUT2D eigenvalue weighted by Crippen LogP contribution is 2.38. The van der Waals surface area contributed by atoms with Crippen molar-refractivity contribution in [3.8, 4) is 11.5 Å². The van der Waals surface area contributed by atoms with Gasteiger partial charge >= 0.3 is 0 Å². The van der Waals surface area contributed by atoms with Crippen LogP contribution in [0.15, 0.2) is 47.5 Å². The Hall–Kier alpha value is -2.58. The summed E-state index contributed by atoms with van der Waals surface area (Å²) in [5.41, 5.74) is 1.79. The van der Waals surface area contributed by atoms with Gasteiger partial charge < -0.3 is 9.47 Å². The van der Waals surface area contributed by atoms with E-state index in [0.717, 1.165) is 16.5 Å². The number of ether oxygens (including phenoxy) is 2. The van der Waals surface area contributed by atoms with Crippen LogP contribution in [0.5, 0.6) is 11.5 Å². The fourth-order valence-electron chi connectivity index (χ4n) is 2.61. The highest BCUT2D eigenvalue weighted by molar-refractivity contribution is 7.86. The van der Waals surface area contributed by atoms with E-state index >= 15 is 0 Å². The summed E-state index contributed by atoms with van der Waals surface area (Å²) in [6, 6.07) is 10.1. The molecule has 1 N–H and O–H groups in total. The smallest absolute Gasteiger partial charge is 0.297 e. The number of aryl methyl sites for hydroxylation is 1. The molecule has 0 aliphatic carbocycles. The SMILES string of the molecule is Cc1ccc(S(=O)(=O)OC[C@@H]2COc3ccc4[nH]ncc4c3O2)cc1. The van der Waals surface area contributed by atoms with Crippen molar-refractivity contribution < 1.29 is 22.1 Å². The molecule has 1 aliphatic rings. The van der Waals surface area contributed by atoms with Crippen molar-refractivity contribution in [3.05, 3.63) is 48.2 Å². The maximum absolute atomic E-state index is 12.3. The number of aromatic nitrogens is 2. The molecule has 1 aliphatic heterocycles. The van der Waals surface area contributed by atoms with Gasteiger partial charge in [0.15, 0.2) is 17.6 Å². The van der Waals surface area contributed by atoms with Gasteiger partial charge in [-0.2, -0.15) is 13.5 Å². The van der Waals surface area contributed by atoms with E-state index in [0.29, 0.717) is 11.5 Å². The maximum atomic E-state index is 12.3. The lowest BCUT2D eigenvalue weighted by atomic mass is 10.2. The van der Waals surface area contributed by atoms with Gasteiger partial charge in [-0.25, -0.2) is 0 Å². The zero-order valence-corrected chi connectivity index (χ0v) is 14.2. The van der Waals surface area contributed by atoms with Crippen molar-refractivity contribution in [2.75, 3.05) is 13.2 Å². The van der Waals surface area contributed by atoms with Gasteiger partial charge in [-0.3, -0.25) is 9.28 Å². The lowest BCUT2D eigenvalue weighted by Gasteiger charge is -2.26. The summed E-state index contributed by atoms with van der Waals surface area (Å²) in [5.74, 6) is 1.14. The zero-order valence-electron chi connectivity index (χ0n) is 13.4. The quantitative estimate of drug-likeness (QED) is 0.719. The molecular weight excluding hydrogens is 344 g/mol. The van der Waals surface area contributed by atoms with Crippen LogP contribution < -0.4 is 9.47 Å². The van der Waals surface area contributed by atoms with Gasteiger partial charge in [-0.15, -0.1) is 0 Å². The molecule has 0 amide bonds. The number of H-pyrrole nitrogens is 1. The molecule has 1 atom stereocenters. The topological polar surface area (TPSA) is 90.5 Å². The van der Waals surface area contributed by atoms with Crippen LogP contribution in [-0.2, 0) is 14.3 Å². The lowest BCUT2D eigenvalue weighted by molar-refractivity contribution is 0.0571. The Kier molecular flexibility index (Phi) is 3.85. The van der Waals surface area contributed by atoms with E-state index in [1.165, 1.54) is 12.1 Å². The molecule has 0 saturated heterocycles. The average molecular weight is 360 g/mol. The highest BCUT2D eigenvalue weighted by Gasteiger charge is 2.26. The minimum Gasteiger partial charge on any atom is -0.486 e. The Balaban J connectivity index is 1.49. The summed E-state index contributed by atoms with van der Waals surface area (Å²) in [7, 11) is -3.84. The minimum absolute atomic E-state index is 0.118. The number of hydrogen-bond donors (Lipinski definition) is 1. The average Bonchev–Trinajstić information content (AvgIpc) is 3.09. The molecular formula is C17H16N2O5S. The minimum atomic E-state index is -3.84. The standard InChI is InChI=1S/C17H16N2O5S/c1-11-2-4-13(5-3-11)25(20,21)23-10-12-9-22-16-7-6-15-14(8-18-19-15)17(16)24-12/h2-8,12H,9-10H2,1H3,(H,18,19)/t12-/m0/s1. The van der Waals surface area contributed by atoms with Gasteiger partial charge in [0.05, 0.1) is 22.0 Å². The summed E-state index contributed by atoms with van der Waals surface area (Å²) in [4.78, 5) is 0.118. The van der Waals surface area contributed by atoms with Crippen LogP contribution in [0, 0.1) is 6.92 Å². The predicted octanol–water partition coefficient (Wildman–Crippen LogP) is 2.42. The van der Waals surface area contributed by atoms with Crippen LogP contribution in [0.3, 0.4) is 0 Å². The molecule has 130 valence electrons. The second kappa shape index (κ2) is 6.05. The number of aromatic amines is 1. The molecule has 1 aromatic heterocycles. The van der Waals surface area contributed by atoms with Crippen LogP contribution >= 0.6 is 0 Å². The summed E-state index contributed by atoms with van der Waals surface area (Å²) in [6.07, 6.45) is 1.11. The monoisotopic (exact) mass is 360 g/mol. The molecule has 2 heterocycles. The number of benzene rings is 2. The molecule has 0 radical (unpaired) electrons. The summed E-state index contributed by atoms with van der Waals surface area (Å²) >= 11 is 0. The molecule has 0 bridgehead atoms. The molecule has 0 saturated carbocycles. The molecule has 2 aromatic carbocycles. The summed E-state index contributed by atoms with van der Waals surface area (Å²) in [5, 5.41) is 7.61. The molecule has 25 heavy (non-hydrogen) atoms. The van der Waals surface area contributed by atoms with E-state index in [9.17, 15) is 8.42 Å². The van der Waals surface area contributed by atoms with E-state index in [-0.39, 0.29) is 18.1 Å². The third-order valence-electron chi connectivity index (χ3n) is 3.97. The number of nitrogens with one attached hydrogen (secondary N) is 1. The number of rotatable bonds is 4. The molecule has 4 rings (SSSR count). The number of fused-ring (bicyclic) bond motifs is 3. The first-order valence-electron chi connectivity index (χ1n) is 7.74. The van der Waals surface area contributed by atoms with Gasteiger partial charge in [-0.1, -0.05) is 17.7 Å². The van der Waals surface area contributed by atoms with Gasteiger partial charge in [0.25, 0.3) is 10.1 Å². The third-order valence-corrected chi connectivity index (χ3v) is 5.26. The normalized spacial score (nSPS) is 16.9. The number of hydrogen-bond acceptors (Lipinski definition) is 6. The van der Waals surface area contributed by atoms with Crippen molar-refractivity contribution in [3.63, 3.8) is 0 Å². The van der Waals surface area contributed by atoms with Crippen molar-refractivity contribution in [1.29, 1.82) is 0 Å². The summed E-state index contributed by atoms with van der Waals surface area (Å²) in [6.45, 7) is 1.96. The summed E-state index contributed by atoms with van der Waals surface area (Å²) < 4.78 is 41.2. The number of nitrogens with zero attached hydrogens (tertiary/aromatic N) is 1. The molecule has 0 fully saturated rings. The Morgan fingerprint density at radius 2 is 2.04 bits per heavy atom. The van der Waals surface area contributed by atoms with E-state index in [1.54, 1.807) is 24.4 Å². The largest absolute Gasteiger partial charge is 0.486 e. The first-order chi connectivity index (χ1) is 12.0. The lowest BCUT2D eigenvalue weighted by Crippen LogP contribution is -2.34. The van der Waals surface area contributed by atoms with Crippen molar-refractivity contribution >= 4 is 21.0 Å². The molecule has 0 unspecified atom stereocenters. The first kappa shape index (κ1) is 15.9. The fraction of sp³-hybridized carbons (Fsp3) is 0.235. The maximum Gasteiger partial charge on any atom is 0.297 e. The highest BCUT2D eigenvalue weighted by atomic mass is 32.2. The molecule has 0 spiro atoms. The van der Waals surface area contributed by atoms with Crippen molar-refractivity contribution in [1.82, 2.24) is 10.2 Å². The molecule has 7 nitrogen and oxygen atoms in total. The predicted molar refractivity (Wildman–Crippen MR) is 90.3 cm³/mol. The van der Waals surface area contributed by atoms with Crippen molar-refractivity contribution in [2.45, 2.75) is 17.9 Å². The molecule has 3 aromatic rings. The van der Waals surface area contributed by atoms with Gasteiger partial charge in [-0.05, 0) is 31.2 Å². The van der Waals surface area contributed by atoms with Crippen LogP contribution in [-0.4, -0.2) is 37.9 Å². The van der Waals surface area contributed by atoms with E-state index in [4.69, 9.17) is 13.7 Å². The van der Waals surface area contributed by atoms with Crippen LogP contribution in [0.1, 0.15) is 5.56 Å². The first-order valence-corrected chi connectivity index (χ1v) is 9.15. The van der Waals surface area contributed by atoms with Crippen LogP contribution in [0.2, 0.25) is 0 Å². The molecule has 8 heteroatoms. The van der Waals surface area contributed by atoms with E-state index in [2.05, 4.69) is 10.2 Å². The Morgan fingerprint density at radius 3 is 2.84 bits per heavy atom. The second-order valence-corrected chi connectivity index (χ2v) is 7.44. The van der Waals surface area contributed by atoms with E-state index in [1.807, 2.05) is 13.0 Å². The Morgan fingerprint density at radius 1 is 1.24 bits per heavy atom. The van der Waals surface area contributed by atoms with E-state index < -0.39 is 16.2 Å². The van der Waals surface area contributed by atoms with Crippen LogP contribution in [0.25, 0.3) is 10.9 Å². The third kappa shape index (κ3) is 3.06. The Bertz CT molecular complexity index is 1010. The fourth-order valence-corrected chi connectivity index (χ4v) is 3.55.